The second-order valence-electron chi connectivity index (χ2n) is 7.35. The molecule has 2 amide bonds. The Kier molecular flexibility index (Phi) is 7.47. The summed E-state index contributed by atoms with van der Waals surface area (Å²) >= 11 is 5.45. The first-order chi connectivity index (χ1) is 16.2. The minimum atomic E-state index is -1.33. The normalized spacial score (nSPS) is 10.7. The Morgan fingerprint density at radius 3 is 2.26 bits per heavy atom. The van der Waals surface area contributed by atoms with E-state index in [2.05, 4.69) is 4.74 Å². The van der Waals surface area contributed by atoms with Gasteiger partial charge in [-0.3, -0.25) is 28.9 Å². The van der Waals surface area contributed by atoms with Gasteiger partial charge in [0.2, 0.25) is 0 Å². The molecule has 3 rings (SSSR count). The van der Waals surface area contributed by atoms with E-state index >= 15 is 0 Å². The highest BCUT2D eigenvalue weighted by Crippen LogP contribution is 2.36. The minimum Gasteiger partial charge on any atom is -0.468 e. The molecule has 0 bridgehead atoms. The molecule has 0 spiro atoms. The van der Waals surface area contributed by atoms with Crippen molar-refractivity contribution in [2.45, 2.75) is 19.9 Å². The van der Waals surface area contributed by atoms with E-state index in [0.717, 1.165) is 17.6 Å². The lowest BCUT2D eigenvalue weighted by molar-refractivity contribution is -0.140. The fourth-order valence-corrected chi connectivity index (χ4v) is 4.01. The first-order valence-corrected chi connectivity index (χ1v) is 10.7. The van der Waals surface area contributed by atoms with E-state index in [9.17, 15) is 24.0 Å². The molecular weight excluding hydrogens is 462 g/mol. The van der Waals surface area contributed by atoms with Gasteiger partial charge in [-0.05, 0) is 35.7 Å². The molecule has 0 fully saturated rings. The number of hydrogen-bond donors (Lipinski definition) is 1. The molecule has 10 heteroatoms. The van der Waals surface area contributed by atoms with Gasteiger partial charge in [0, 0.05) is 17.6 Å². The standard InChI is InChI=1S/C24H22ClN3O6/c1-3-15-20(21(30)23(26)32)19-16(27(15)12-14-8-5-4-6-9-14)10-7-11-17(19)28(13-18(29)34-2)24(33)22(25)31/h4-11H,3,12-13H2,1-2H3,(H2,26,32). The van der Waals surface area contributed by atoms with Crippen LogP contribution in [0.1, 0.15) is 28.5 Å². The number of nitrogens with zero attached hydrogens (tertiary/aromatic N) is 2. The zero-order valence-corrected chi connectivity index (χ0v) is 19.3. The number of hydrogen-bond acceptors (Lipinski definition) is 6. The van der Waals surface area contributed by atoms with Gasteiger partial charge in [0.1, 0.15) is 6.54 Å². The number of primary amides is 1. The molecule has 34 heavy (non-hydrogen) atoms. The Morgan fingerprint density at radius 2 is 1.71 bits per heavy atom. The van der Waals surface area contributed by atoms with Crippen molar-refractivity contribution >= 4 is 57.0 Å². The molecule has 1 heterocycles. The zero-order chi connectivity index (χ0) is 25.0. The van der Waals surface area contributed by atoms with Crippen molar-refractivity contribution in [1.82, 2.24) is 4.57 Å². The van der Waals surface area contributed by atoms with Crippen LogP contribution in [0.3, 0.4) is 0 Å². The van der Waals surface area contributed by atoms with Gasteiger partial charge >= 0.3 is 17.1 Å². The second kappa shape index (κ2) is 10.3. The van der Waals surface area contributed by atoms with Crippen molar-refractivity contribution in [3.05, 3.63) is 65.4 Å². The van der Waals surface area contributed by atoms with Crippen LogP contribution in [0.4, 0.5) is 5.69 Å². The molecular formula is C24H22ClN3O6. The van der Waals surface area contributed by atoms with Gasteiger partial charge in [0.15, 0.2) is 0 Å². The molecule has 0 saturated heterocycles. The molecule has 0 unspecified atom stereocenters. The van der Waals surface area contributed by atoms with Crippen LogP contribution in [0.15, 0.2) is 48.5 Å². The van der Waals surface area contributed by atoms with Crippen molar-refractivity contribution in [3.8, 4) is 0 Å². The summed E-state index contributed by atoms with van der Waals surface area (Å²) in [5, 5.41) is -1.13. The Hall–Kier alpha value is -3.98. The number of halogens is 1. The highest BCUT2D eigenvalue weighted by Gasteiger charge is 2.32. The average molecular weight is 484 g/mol. The highest BCUT2D eigenvalue weighted by molar-refractivity contribution is 6.82. The van der Waals surface area contributed by atoms with Crippen molar-refractivity contribution in [2.75, 3.05) is 18.6 Å². The number of esters is 1. The van der Waals surface area contributed by atoms with Gasteiger partial charge in [0.05, 0.1) is 23.9 Å². The molecule has 3 aromatic rings. The first-order valence-electron chi connectivity index (χ1n) is 10.3. The number of benzene rings is 2. The van der Waals surface area contributed by atoms with E-state index in [1.807, 2.05) is 41.8 Å². The molecule has 176 valence electrons. The number of ether oxygens (including phenoxy) is 1. The van der Waals surface area contributed by atoms with E-state index in [4.69, 9.17) is 17.3 Å². The number of ketones is 1. The van der Waals surface area contributed by atoms with E-state index in [-0.39, 0.29) is 16.6 Å². The lowest BCUT2D eigenvalue weighted by Gasteiger charge is -2.21. The zero-order valence-electron chi connectivity index (χ0n) is 18.5. The first kappa shape index (κ1) is 24.7. The topological polar surface area (TPSA) is 129 Å². The number of fused-ring (bicyclic) bond motifs is 1. The Labute approximate surface area is 200 Å². The summed E-state index contributed by atoms with van der Waals surface area (Å²) in [7, 11) is 1.13. The molecule has 0 atom stereocenters. The van der Waals surface area contributed by atoms with Crippen molar-refractivity contribution < 1.29 is 28.7 Å². The quantitative estimate of drug-likeness (QED) is 0.215. The summed E-state index contributed by atoms with van der Waals surface area (Å²) in [4.78, 5) is 62.2. The molecule has 2 aromatic carbocycles. The third-order valence-corrected chi connectivity index (χ3v) is 5.53. The molecule has 0 radical (unpaired) electrons. The Bertz CT molecular complexity index is 1300. The van der Waals surface area contributed by atoms with Crippen molar-refractivity contribution in [1.29, 1.82) is 0 Å². The lowest BCUT2D eigenvalue weighted by Crippen LogP contribution is -2.39. The fourth-order valence-electron chi connectivity index (χ4n) is 3.91. The van der Waals surface area contributed by atoms with Crippen LogP contribution in [0.25, 0.3) is 10.9 Å². The molecule has 0 aliphatic carbocycles. The number of rotatable bonds is 9. The number of carbonyl (C=O) groups is 5. The van der Waals surface area contributed by atoms with E-state index in [0.29, 0.717) is 24.2 Å². The van der Waals surface area contributed by atoms with Gasteiger partial charge in [-0.2, -0.15) is 0 Å². The van der Waals surface area contributed by atoms with Gasteiger partial charge in [0.25, 0.3) is 11.7 Å². The predicted molar refractivity (Wildman–Crippen MR) is 126 cm³/mol. The number of amides is 2. The van der Waals surface area contributed by atoms with Gasteiger partial charge in [-0.1, -0.05) is 43.3 Å². The van der Waals surface area contributed by atoms with E-state index < -0.39 is 35.4 Å². The SMILES string of the molecule is CCc1c(C(=O)C(N)=O)c2c(N(CC(=O)OC)C(=O)C(=O)Cl)cccc2n1Cc1ccccc1. The van der Waals surface area contributed by atoms with Crippen LogP contribution in [0.2, 0.25) is 0 Å². The van der Waals surface area contributed by atoms with Gasteiger partial charge in [-0.25, -0.2) is 0 Å². The maximum absolute atomic E-state index is 13.0. The molecule has 9 nitrogen and oxygen atoms in total. The van der Waals surface area contributed by atoms with Gasteiger partial charge < -0.3 is 15.0 Å². The number of nitrogens with two attached hydrogens (primary N) is 1. The van der Waals surface area contributed by atoms with Gasteiger partial charge in [-0.15, -0.1) is 0 Å². The summed E-state index contributed by atoms with van der Waals surface area (Å²) in [6.07, 6.45) is 0.356. The number of anilines is 1. The smallest absolute Gasteiger partial charge is 0.325 e. The van der Waals surface area contributed by atoms with E-state index in [1.54, 1.807) is 12.1 Å². The number of Topliss-reactive ketones (excluding diaryl/α,β-unsaturated/α-hetero) is 1. The number of methoxy groups -OCH3 is 1. The van der Waals surface area contributed by atoms with Crippen molar-refractivity contribution in [3.63, 3.8) is 0 Å². The molecule has 2 N–H and O–H groups in total. The van der Waals surface area contributed by atoms with Crippen molar-refractivity contribution in [2.24, 2.45) is 5.73 Å². The largest absolute Gasteiger partial charge is 0.468 e. The summed E-state index contributed by atoms with van der Waals surface area (Å²) < 4.78 is 6.50. The summed E-state index contributed by atoms with van der Waals surface area (Å²) in [6.45, 7) is 1.53. The Balaban J connectivity index is 2.39. The van der Waals surface area contributed by atoms with Crippen LogP contribution < -0.4 is 10.6 Å². The minimum absolute atomic E-state index is 0.00113. The summed E-state index contributed by atoms with van der Waals surface area (Å²) in [5.41, 5.74) is 7.35. The third kappa shape index (κ3) is 4.69. The Morgan fingerprint density at radius 1 is 1.03 bits per heavy atom. The molecule has 0 saturated carbocycles. The fraction of sp³-hybridized carbons (Fsp3) is 0.208. The predicted octanol–water partition coefficient (Wildman–Crippen LogP) is 2.19. The maximum atomic E-state index is 13.0. The van der Waals surface area contributed by atoms with Crippen LogP contribution >= 0.6 is 11.6 Å². The average Bonchev–Trinajstić information content (AvgIpc) is 3.15. The highest BCUT2D eigenvalue weighted by atomic mass is 35.5. The summed E-state index contributed by atoms with van der Waals surface area (Å²) in [5.74, 6) is -4.14. The van der Waals surface area contributed by atoms with Crippen LogP contribution in [-0.2, 0) is 36.9 Å². The van der Waals surface area contributed by atoms with Crippen LogP contribution in [0, 0.1) is 0 Å². The molecule has 1 aromatic heterocycles. The van der Waals surface area contributed by atoms with E-state index in [1.165, 1.54) is 6.07 Å². The molecule has 0 aliphatic rings. The molecule has 0 aliphatic heterocycles. The monoisotopic (exact) mass is 483 g/mol. The number of carbonyl (C=O) groups excluding carboxylic acids is 5. The second-order valence-corrected chi connectivity index (χ2v) is 7.70. The summed E-state index contributed by atoms with van der Waals surface area (Å²) in [6, 6.07) is 14.2. The third-order valence-electron chi connectivity index (χ3n) is 5.36. The maximum Gasteiger partial charge on any atom is 0.325 e. The lowest BCUT2D eigenvalue weighted by atomic mass is 10.0. The van der Waals surface area contributed by atoms with Crippen LogP contribution in [0.5, 0.6) is 0 Å². The number of aromatic nitrogens is 1. The van der Waals surface area contributed by atoms with Crippen LogP contribution in [-0.4, -0.2) is 47.0 Å².